The van der Waals surface area contributed by atoms with E-state index in [0.29, 0.717) is 4.91 Å². The molecule has 3 aromatic rings. The number of aromatic nitrogens is 2. The molecule has 1 saturated carbocycles. The number of amides is 2. The number of nitrogens with one attached hydrogen (secondary N) is 1. The van der Waals surface area contributed by atoms with Crippen LogP contribution in [0.15, 0.2) is 53.7 Å². The van der Waals surface area contributed by atoms with Crippen molar-refractivity contribution in [3.05, 3.63) is 59.3 Å². The van der Waals surface area contributed by atoms with E-state index in [1.807, 2.05) is 18.2 Å². The number of imide groups is 1. The summed E-state index contributed by atoms with van der Waals surface area (Å²) < 4.78 is 0. The Morgan fingerprint density at radius 1 is 0.943 bits per heavy atom. The Balaban J connectivity index is 1.23. The predicted molar refractivity (Wildman–Crippen MR) is 140 cm³/mol. The first-order chi connectivity index (χ1) is 17.1. The third-order valence-corrected chi connectivity index (χ3v) is 8.07. The van der Waals surface area contributed by atoms with Crippen LogP contribution in [0.25, 0.3) is 28.2 Å². The number of carbonyl (C=O) groups excluding carboxylic acids is 2. The molecule has 2 amide bonds. The van der Waals surface area contributed by atoms with E-state index in [0.717, 1.165) is 71.7 Å². The van der Waals surface area contributed by atoms with Gasteiger partial charge in [0.05, 0.1) is 16.1 Å². The molecule has 1 N–H and O–H groups in total. The van der Waals surface area contributed by atoms with Crippen LogP contribution in [0.1, 0.15) is 31.2 Å². The zero-order chi connectivity index (χ0) is 23.8. The van der Waals surface area contributed by atoms with Crippen molar-refractivity contribution in [2.45, 2.75) is 31.7 Å². The van der Waals surface area contributed by atoms with Crippen molar-refractivity contribution in [1.82, 2.24) is 20.2 Å². The molecule has 2 saturated heterocycles. The number of nitrogens with zero attached hydrogens (tertiary/aromatic N) is 4. The molecule has 6 rings (SSSR count). The summed E-state index contributed by atoms with van der Waals surface area (Å²) in [4.78, 5) is 38.0. The van der Waals surface area contributed by atoms with E-state index in [9.17, 15) is 9.59 Å². The van der Waals surface area contributed by atoms with E-state index in [-0.39, 0.29) is 11.1 Å². The molecule has 1 aliphatic carbocycles. The number of hydrogen-bond donors (Lipinski definition) is 1. The lowest BCUT2D eigenvalue weighted by Crippen LogP contribution is -2.49. The fraction of sp³-hybridized carbons (Fsp3) is 0.333. The van der Waals surface area contributed by atoms with Crippen LogP contribution in [0.3, 0.4) is 0 Å². The average molecular weight is 486 g/mol. The number of anilines is 1. The van der Waals surface area contributed by atoms with E-state index in [1.165, 1.54) is 31.4 Å². The molecule has 3 aliphatic rings. The lowest BCUT2D eigenvalue weighted by Gasteiger charge is -2.39. The van der Waals surface area contributed by atoms with Crippen LogP contribution >= 0.6 is 11.8 Å². The smallest absolute Gasteiger partial charge is 0.290 e. The van der Waals surface area contributed by atoms with Crippen molar-refractivity contribution < 1.29 is 9.59 Å². The summed E-state index contributed by atoms with van der Waals surface area (Å²) in [5.74, 6) is -0.357. The van der Waals surface area contributed by atoms with Crippen LogP contribution in [0.5, 0.6) is 0 Å². The second-order valence-electron chi connectivity index (χ2n) is 9.36. The van der Waals surface area contributed by atoms with Gasteiger partial charge >= 0.3 is 0 Å². The molecular weight excluding hydrogens is 458 g/mol. The molecular formula is C27H27N5O2S. The van der Waals surface area contributed by atoms with Crippen molar-refractivity contribution >= 4 is 45.6 Å². The summed E-state index contributed by atoms with van der Waals surface area (Å²) in [6, 6.07) is 15.2. The predicted octanol–water partition coefficient (Wildman–Crippen LogP) is 4.69. The minimum Gasteiger partial charge on any atom is -0.369 e. The summed E-state index contributed by atoms with van der Waals surface area (Å²) in [6.07, 6.45) is 8.82. The highest BCUT2D eigenvalue weighted by Gasteiger charge is 2.26. The zero-order valence-electron chi connectivity index (χ0n) is 19.4. The highest BCUT2D eigenvalue weighted by atomic mass is 32.2. The molecule has 8 heteroatoms. The molecule has 3 fully saturated rings. The molecule has 2 aliphatic heterocycles. The first kappa shape index (κ1) is 22.2. The fourth-order valence-corrected chi connectivity index (χ4v) is 6.09. The van der Waals surface area contributed by atoms with E-state index in [2.05, 4.69) is 49.4 Å². The van der Waals surface area contributed by atoms with Gasteiger partial charge in [0.15, 0.2) is 0 Å². The molecule has 0 radical (unpaired) electrons. The summed E-state index contributed by atoms with van der Waals surface area (Å²) in [7, 11) is 0. The third-order valence-electron chi connectivity index (χ3n) is 7.26. The van der Waals surface area contributed by atoms with Crippen molar-refractivity contribution in [3.63, 3.8) is 0 Å². The van der Waals surface area contributed by atoms with Gasteiger partial charge in [-0.2, -0.15) is 0 Å². The van der Waals surface area contributed by atoms with Crippen LogP contribution in [-0.4, -0.2) is 58.2 Å². The largest absolute Gasteiger partial charge is 0.369 e. The van der Waals surface area contributed by atoms with Gasteiger partial charge in [0, 0.05) is 48.9 Å². The van der Waals surface area contributed by atoms with Gasteiger partial charge in [0.1, 0.15) is 6.33 Å². The standard InChI is InChI=1S/C27H27N5O2S/c33-26-24(35-27(34)30-26)16-18-5-10-23-22(15-18)25(29-17-28-23)19-6-8-21(9-7-19)32-13-11-31(12-14-32)20-3-1-2-4-20/h5-10,15-17,20H,1-4,11-14H2,(H,30,33,34). The first-order valence-electron chi connectivity index (χ1n) is 12.2. The summed E-state index contributed by atoms with van der Waals surface area (Å²) in [5.41, 5.74) is 4.80. The minimum atomic E-state index is -0.357. The molecule has 7 nitrogen and oxygen atoms in total. The molecule has 2 aromatic carbocycles. The normalized spacial score (nSPS) is 20.8. The number of carbonyl (C=O) groups is 2. The lowest BCUT2D eigenvalue weighted by atomic mass is 10.0. The van der Waals surface area contributed by atoms with Gasteiger partial charge < -0.3 is 4.90 Å². The highest BCUT2D eigenvalue weighted by Crippen LogP contribution is 2.31. The number of benzene rings is 2. The third kappa shape index (κ3) is 4.56. The Morgan fingerprint density at radius 3 is 2.43 bits per heavy atom. The van der Waals surface area contributed by atoms with Gasteiger partial charge in [-0.15, -0.1) is 0 Å². The maximum atomic E-state index is 11.9. The molecule has 1 aromatic heterocycles. The van der Waals surface area contributed by atoms with Crippen LogP contribution in [0, 0.1) is 0 Å². The molecule has 0 atom stereocenters. The molecule has 0 unspecified atom stereocenters. The monoisotopic (exact) mass is 485 g/mol. The van der Waals surface area contributed by atoms with Gasteiger partial charge in [0.25, 0.3) is 11.1 Å². The van der Waals surface area contributed by atoms with Crippen molar-refractivity contribution in [3.8, 4) is 11.3 Å². The summed E-state index contributed by atoms with van der Waals surface area (Å²) in [5, 5.41) is 2.87. The average Bonchev–Trinajstić information content (AvgIpc) is 3.53. The first-order valence-corrected chi connectivity index (χ1v) is 13.0. The Hall–Kier alpha value is -3.23. The lowest BCUT2D eigenvalue weighted by molar-refractivity contribution is -0.115. The second kappa shape index (κ2) is 9.43. The van der Waals surface area contributed by atoms with Gasteiger partial charge in [-0.3, -0.25) is 19.8 Å². The number of rotatable bonds is 4. The number of thioether (sulfide) groups is 1. The molecule has 0 spiro atoms. The topological polar surface area (TPSA) is 78.4 Å². The second-order valence-corrected chi connectivity index (χ2v) is 10.4. The Labute approximate surface area is 208 Å². The highest BCUT2D eigenvalue weighted by molar-refractivity contribution is 8.18. The van der Waals surface area contributed by atoms with E-state index in [4.69, 9.17) is 0 Å². The van der Waals surface area contributed by atoms with Crippen LogP contribution < -0.4 is 10.2 Å². The Bertz CT molecular complexity index is 1310. The van der Waals surface area contributed by atoms with Gasteiger partial charge in [-0.05, 0) is 60.5 Å². The Kier molecular flexibility index (Phi) is 6.00. The van der Waals surface area contributed by atoms with E-state index >= 15 is 0 Å². The van der Waals surface area contributed by atoms with Crippen molar-refractivity contribution in [2.75, 3.05) is 31.1 Å². The van der Waals surface area contributed by atoms with Gasteiger partial charge in [0.2, 0.25) is 0 Å². The van der Waals surface area contributed by atoms with Crippen molar-refractivity contribution in [1.29, 1.82) is 0 Å². The minimum absolute atomic E-state index is 0.342. The zero-order valence-corrected chi connectivity index (χ0v) is 20.3. The van der Waals surface area contributed by atoms with Crippen LogP contribution in [-0.2, 0) is 4.79 Å². The van der Waals surface area contributed by atoms with E-state index in [1.54, 1.807) is 12.4 Å². The number of piperazine rings is 1. The SMILES string of the molecule is O=C1NC(=O)C(=Cc2ccc3ncnc(-c4ccc(N5CCN(C6CCCC6)CC5)cc4)c3c2)S1. The van der Waals surface area contributed by atoms with Crippen LogP contribution in [0.2, 0.25) is 0 Å². The van der Waals surface area contributed by atoms with Crippen LogP contribution in [0.4, 0.5) is 10.5 Å². The molecule has 3 heterocycles. The quantitative estimate of drug-likeness (QED) is 0.538. The number of hydrogen-bond acceptors (Lipinski definition) is 7. The summed E-state index contributed by atoms with van der Waals surface area (Å²) in [6.45, 7) is 4.42. The molecule has 0 bridgehead atoms. The van der Waals surface area contributed by atoms with Crippen molar-refractivity contribution in [2.24, 2.45) is 0 Å². The molecule has 35 heavy (non-hydrogen) atoms. The molecule has 178 valence electrons. The maximum absolute atomic E-state index is 11.9. The van der Waals surface area contributed by atoms with Gasteiger partial charge in [-0.1, -0.05) is 31.0 Å². The Morgan fingerprint density at radius 2 is 1.71 bits per heavy atom. The number of fused-ring (bicyclic) bond motifs is 1. The maximum Gasteiger partial charge on any atom is 0.290 e. The fourth-order valence-electron chi connectivity index (χ4n) is 5.41. The summed E-state index contributed by atoms with van der Waals surface area (Å²) >= 11 is 0.919. The van der Waals surface area contributed by atoms with Gasteiger partial charge in [-0.25, -0.2) is 9.97 Å². The van der Waals surface area contributed by atoms with E-state index < -0.39 is 0 Å².